The summed E-state index contributed by atoms with van der Waals surface area (Å²) >= 11 is 0. The lowest BCUT2D eigenvalue weighted by atomic mass is 9.98. The van der Waals surface area contributed by atoms with Crippen LogP contribution < -0.4 is 16.4 Å². The number of aromatic nitrogens is 2. The van der Waals surface area contributed by atoms with Crippen molar-refractivity contribution < 1.29 is 0 Å². The van der Waals surface area contributed by atoms with E-state index in [1.165, 1.54) is 19.3 Å². The van der Waals surface area contributed by atoms with Gasteiger partial charge in [0.15, 0.2) is 0 Å². The van der Waals surface area contributed by atoms with Gasteiger partial charge in [0, 0.05) is 19.7 Å². The summed E-state index contributed by atoms with van der Waals surface area (Å²) in [5.41, 5.74) is 5.64. The van der Waals surface area contributed by atoms with E-state index in [1.54, 1.807) is 0 Å². The van der Waals surface area contributed by atoms with Gasteiger partial charge in [0.05, 0.1) is 0 Å². The van der Waals surface area contributed by atoms with Gasteiger partial charge in [-0.15, -0.1) is 0 Å². The lowest BCUT2D eigenvalue weighted by Gasteiger charge is -2.16. The Balaban J connectivity index is 1.96. The smallest absolute Gasteiger partial charge is 0.223 e. The minimum Gasteiger partial charge on any atom is -0.373 e. The van der Waals surface area contributed by atoms with Crippen molar-refractivity contribution in [3.8, 4) is 0 Å². The predicted octanol–water partition coefficient (Wildman–Crippen LogP) is 1.95. The minimum atomic E-state index is 0.304. The Morgan fingerprint density at radius 2 is 2.12 bits per heavy atom. The topological polar surface area (TPSA) is 75.9 Å². The first-order chi connectivity index (χ1) is 8.19. The van der Waals surface area contributed by atoms with Gasteiger partial charge in [-0.25, -0.2) is 0 Å². The standard InChI is InChI=1S/C12H21N5/c1-8-4-3-5-9(8)7-15-11-6-10(14-2)16-12(13)17-11/h6,8-9H,3-5,7H2,1-2H3,(H4,13,14,15,16,17). The molecule has 4 N–H and O–H groups in total. The second kappa shape index (κ2) is 5.21. The molecule has 2 rings (SSSR count). The Bertz CT molecular complexity index is 379. The van der Waals surface area contributed by atoms with E-state index in [0.29, 0.717) is 5.95 Å². The van der Waals surface area contributed by atoms with Crippen LogP contribution in [0.2, 0.25) is 0 Å². The van der Waals surface area contributed by atoms with Gasteiger partial charge in [-0.2, -0.15) is 9.97 Å². The molecule has 1 aromatic rings. The van der Waals surface area contributed by atoms with Gasteiger partial charge in [-0.3, -0.25) is 0 Å². The van der Waals surface area contributed by atoms with Crippen LogP contribution in [0.3, 0.4) is 0 Å². The van der Waals surface area contributed by atoms with E-state index in [-0.39, 0.29) is 0 Å². The number of nitrogen functional groups attached to an aromatic ring is 1. The molecule has 1 fully saturated rings. The molecule has 1 saturated carbocycles. The van der Waals surface area contributed by atoms with Crippen molar-refractivity contribution in [1.29, 1.82) is 0 Å². The highest BCUT2D eigenvalue weighted by molar-refractivity contribution is 5.50. The normalized spacial score (nSPS) is 23.6. The van der Waals surface area contributed by atoms with Crippen LogP contribution in [0.1, 0.15) is 26.2 Å². The average Bonchev–Trinajstić information content (AvgIpc) is 2.71. The van der Waals surface area contributed by atoms with Gasteiger partial charge in [-0.05, 0) is 18.3 Å². The fourth-order valence-corrected chi connectivity index (χ4v) is 2.45. The van der Waals surface area contributed by atoms with Crippen LogP contribution in [0.15, 0.2) is 6.07 Å². The average molecular weight is 235 g/mol. The van der Waals surface area contributed by atoms with Crippen molar-refractivity contribution in [2.24, 2.45) is 11.8 Å². The summed E-state index contributed by atoms with van der Waals surface area (Å²) in [7, 11) is 1.82. The Morgan fingerprint density at radius 3 is 2.76 bits per heavy atom. The lowest BCUT2D eigenvalue weighted by molar-refractivity contribution is 0.439. The zero-order valence-corrected chi connectivity index (χ0v) is 10.5. The number of nitrogens with zero attached hydrogens (tertiary/aromatic N) is 2. The second-order valence-electron chi connectivity index (χ2n) is 4.80. The third kappa shape index (κ3) is 2.99. The predicted molar refractivity (Wildman–Crippen MR) is 71.0 cm³/mol. The molecular weight excluding hydrogens is 214 g/mol. The largest absolute Gasteiger partial charge is 0.373 e. The monoisotopic (exact) mass is 235 g/mol. The first kappa shape index (κ1) is 12.0. The molecule has 5 nitrogen and oxygen atoms in total. The first-order valence-electron chi connectivity index (χ1n) is 6.25. The SMILES string of the molecule is CNc1cc(NCC2CCCC2C)nc(N)n1. The van der Waals surface area contributed by atoms with Gasteiger partial charge in [-0.1, -0.05) is 19.8 Å². The molecule has 0 saturated heterocycles. The summed E-state index contributed by atoms with van der Waals surface area (Å²) in [4.78, 5) is 8.25. The number of anilines is 3. The van der Waals surface area contributed by atoms with Gasteiger partial charge in [0.2, 0.25) is 5.95 Å². The third-order valence-electron chi connectivity index (χ3n) is 3.58. The zero-order valence-electron chi connectivity index (χ0n) is 10.5. The maximum Gasteiger partial charge on any atom is 0.223 e. The van der Waals surface area contributed by atoms with Crippen LogP contribution in [0.4, 0.5) is 17.6 Å². The highest BCUT2D eigenvalue weighted by atomic mass is 15.1. The summed E-state index contributed by atoms with van der Waals surface area (Å²) in [6.45, 7) is 3.30. The van der Waals surface area contributed by atoms with E-state index in [2.05, 4.69) is 27.5 Å². The minimum absolute atomic E-state index is 0.304. The third-order valence-corrected chi connectivity index (χ3v) is 3.58. The number of hydrogen-bond donors (Lipinski definition) is 3. The van der Waals surface area contributed by atoms with E-state index >= 15 is 0 Å². The van der Waals surface area contributed by atoms with Crippen LogP contribution in [0.5, 0.6) is 0 Å². The van der Waals surface area contributed by atoms with Crippen molar-refractivity contribution >= 4 is 17.6 Å². The fraction of sp³-hybridized carbons (Fsp3) is 0.667. The van der Waals surface area contributed by atoms with Crippen LogP contribution >= 0.6 is 0 Å². The summed E-state index contributed by atoms with van der Waals surface area (Å²) in [6.07, 6.45) is 4.01. The van der Waals surface area contributed by atoms with Crippen molar-refractivity contribution in [2.75, 3.05) is 30.0 Å². The van der Waals surface area contributed by atoms with Crippen molar-refractivity contribution in [1.82, 2.24) is 9.97 Å². The van der Waals surface area contributed by atoms with Crippen molar-refractivity contribution in [2.45, 2.75) is 26.2 Å². The molecule has 1 aromatic heterocycles. The number of hydrogen-bond acceptors (Lipinski definition) is 5. The quantitative estimate of drug-likeness (QED) is 0.743. The molecule has 2 atom stereocenters. The van der Waals surface area contributed by atoms with Crippen LogP contribution in [0, 0.1) is 11.8 Å². The Morgan fingerprint density at radius 1 is 1.35 bits per heavy atom. The van der Waals surface area contributed by atoms with Crippen LogP contribution in [-0.2, 0) is 0 Å². The molecule has 5 heteroatoms. The van der Waals surface area contributed by atoms with Crippen LogP contribution in [-0.4, -0.2) is 23.6 Å². The zero-order chi connectivity index (χ0) is 12.3. The molecule has 2 unspecified atom stereocenters. The molecule has 0 spiro atoms. The second-order valence-corrected chi connectivity index (χ2v) is 4.80. The molecule has 17 heavy (non-hydrogen) atoms. The maximum atomic E-state index is 5.64. The van der Waals surface area contributed by atoms with E-state index < -0.39 is 0 Å². The molecule has 1 aliphatic carbocycles. The highest BCUT2D eigenvalue weighted by Crippen LogP contribution is 2.31. The summed E-state index contributed by atoms with van der Waals surface area (Å²) in [5, 5.41) is 6.34. The number of rotatable bonds is 4. The van der Waals surface area contributed by atoms with Crippen LogP contribution in [0.25, 0.3) is 0 Å². The molecule has 0 aliphatic heterocycles. The first-order valence-corrected chi connectivity index (χ1v) is 6.25. The van der Waals surface area contributed by atoms with E-state index in [9.17, 15) is 0 Å². The van der Waals surface area contributed by atoms with Crippen molar-refractivity contribution in [3.63, 3.8) is 0 Å². The molecule has 0 radical (unpaired) electrons. The Labute approximate surface area is 102 Å². The van der Waals surface area contributed by atoms with Gasteiger partial charge >= 0.3 is 0 Å². The summed E-state index contributed by atoms with van der Waals surface area (Å²) in [5.74, 6) is 3.42. The van der Waals surface area contributed by atoms with Gasteiger partial charge in [0.25, 0.3) is 0 Å². The molecule has 1 heterocycles. The van der Waals surface area contributed by atoms with Crippen molar-refractivity contribution in [3.05, 3.63) is 6.07 Å². The Hall–Kier alpha value is -1.52. The van der Waals surface area contributed by atoms with E-state index in [1.807, 2.05) is 13.1 Å². The fourth-order valence-electron chi connectivity index (χ4n) is 2.45. The summed E-state index contributed by atoms with van der Waals surface area (Å²) < 4.78 is 0. The van der Waals surface area contributed by atoms with E-state index in [4.69, 9.17) is 5.73 Å². The molecule has 94 valence electrons. The molecule has 0 amide bonds. The number of nitrogens with two attached hydrogens (primary N) is 1. The molecule has 0 bridgehead atoms. The lowest BCUT2D eigenvalue weighted by Crippen LogP contribution is -2.17. The molecular formula is C12H21N5. The maximum absolute atomic E-state index is 5.64. The summed E-state index contributed by atoms with van der Waals surface area (Å²) in [6, 6.07) is 1.88. The van der Waals surface area contributed by atoms with Gasteiger partial charge < -0.3 is 16.4 Å². The Kier molecular flexibility index (Phi) is 3.66. The van der Waals surface area contributed by atoms with Gasteiger partial charge in [0.1, 0.15) is 11.6 Å². The molecule has 0 aromatic carbocycles. The van der Waals surface area contributed by atoms with E-state index in [0.717, 1.165) is 30.0 Å². The molecule has 1 aliphatic rings. The number of nitrogens with one attached hydrogen (secondary N) is 2. The highest BCUT2D eigenvalue weighted by Gasteiger charge is 2.22.